The number of hydrogen-bond acceptors (Lipinski definition) is 2. The van der Waals surface area contributed by atoms with Gasteiger partial charge in [0.2, 0.25) is 0 Å². The smallest absolute Gasteiger partial charge is 0.0283 e. The van der Waals surface area contributed by atoms with Crippen molar-refractivity contribution in [2.45, 2.75) is 63.6 Å². The summed E-state index contributed by atoms with van der Waals surface area (Å²) in [5.41, 5.74) is 1.53. The second-order valence-electron chi connectivity index (χ2n) is 10.7. The van der Waals surface area contributed by atoms with Gasteiger partial charge in [-0.25, -0.2) is 0 Å². The van der Waals surface area contributed by atoms with Gasteiger partial charge in [0.1, 0.15) is 0 Å². The first-order chi connectivity index (χ1) is 15.9. The van der Waals surface area contributed by atoms with Crippen molar-refractivity contribution in [1.29, 1.82) is 0 Å². The predicted octanol–water partition coefficient (Wildman–Crippen LogP) is 6.81. The van der Waals surface area contributed by atoms with Crippen LogP contribution in [0.5, 0.6) is 0 Å². The van der Waals surface area contributed by atoms with Gasteiger partial charge in [0, 0.05) is 31.7 Å². The number of piperazine rings is 1. The van der Waals surface area contributed by atoms with Crippen LogP contribution >= 0.6 is 0 Å². The second-order valence-corrected chi connectivity index (χ2v) is 10.7. The van der Waals surface area contributed by atoms with Crippen LogP contribution in [0.2, 0.25) is 0 Å². The van der Waals surface area contributed by atoms with Gasteiger partial charge in [0.05, 0.1) is 0 Å². The molecule has 0 bridgehead atoms. The lowest BCUT2D eigenvalue weighted by Crippen LogP contribution is -2.59. The van der Waals surface area contributed by atoms with Crippen molar-refractivity contribution in [2.75, 3.05) is 19.6 Å². The Hall–Kier alpha value is -2.16. The van der Waals surface area contributed by atoms with Gasteiger partial charge in [0.15, 0.2) is 0 Å². The molecule has 0 radical (unpaired) electrons. The zero-order valence-corrected chi connectivity index (χ0v) is 19.1. The van der Waals surface area contributed by atoms with E-state index in [0.717, 1.165) is 24.5 Å². The normalized spacial score (nSPS) is 25.9. The van der Waals surface area contributed by atoms with Crippen molar-refractivity contribution >= 4 is 32.3 Å². The van der Waals surface area contributed by atoms with Crippen LogP contribution in [0.15, 0.2) is 54.6 Å². The maximum Gasteiger partial charge on any atom is 0.0283 e. The molecule has 7 rings (SSSR count). The molecule has 1 aliphatic carbocycles. The van der Waals surface area contributed by atoms with Crippen molar-refractivity contribution in [1.82, 2.24) is 9.80 Å². The van der Waals surface area contributed by atoms with Crippen LogP contribution in [0.4, 0.5) is 0 Å². The van der Waals surface area contributed by atoms with Gasteiger partial charge in [-0.15, -0.1) is 0 Å². The Morgan fingerprint density at radius 1 is 0.656 bits per heavy atom. The zero-order valence-electron chi connectivity index (χ0n) is 19.1. The van der Waals surface area contributed by atoms with Gasteiger partial charge in [0.25, 0.3) is 0 Å². The van der Waals surface area contributed by atoms with E-state index in [1.54, 1.807) is 0 Å². The Morgan fingerprint density at radius 2 is 1.41 bits per heavy atom. The van der Waals surface area contributed by atoms with Gasteiger partial charge in [-0.1, -0.05) is 73.9 Å². The van der Waals surface area contributed by atoms with Crippen LogP contribution in [0, 0.1) is 5.92 Å². The predicted molar refractivity (Wildman–Crippen MR) is 136 cm³/mol. The van der Waals surface area contributed by atoms with Crippen molar-refractivity contribution in [2.24, 2.45) is 5.92 Å². The van der Waals surface area contributed by atoms with E-state index < -0.39 is 0 Å². The molecule has 0 unspecified atom stereocenters. The molecular weight excluding hydrogens is 388 g/mol. The van der Waals surface area contributed by atoms with Crippen LogP contribution in [0.1, 0.15) is 50.5 Å². The summed E-state index contributed by atoms with van der Waals surface area (Å²) in [6.45, 7) is 4.94. The summed E-state index contributed by atoms with van der Waals surface area (Å²) in [6.07, 6.45) is 10.1. The molecule has 0 N–H and O–H groups in total. The van der Waals surface area contributed by atoms with E-state index in [0.29, 0.717) is 0 Å². The molecule has 2 nitrogen and oxygen atoms in total. The molecule has 164 valence electrons. The molecule has 0 spiro atoms. The quantitative estimate of drug-likeness (QED) is 0.335. The maximum absolute atomic E-state index is 2.91. The average molecular weight is 423 g/mol. The third kappa shape index (κ3) is 2.99. The van der Waals surface area contributed by atoms with Crippen LogP contribution in [-0.4, -0.2) is 41.5 Å². The Kier molecular flexibility index (Phi) is 4.66. The SMILES string of the molecule is c1cc2ccc3ccc(CN4CCN5CCC[C@@H]5[C@@H]4C4CCCCC4)c4ccc(c1)c2c34. The fourth-order valence-electron chi connectivity index (χ4n) is 7.59. The molecule has 0 aromatic heterocycles. The Morgan fingerprint density at radius 3 is 2.25 bits per heavy atom. The number of nitrogens with zero attached hydrogens (tertiary/aromatic N) is 2. The topological polar surface area (TPSA) is 6.48 Å². The Bertz CT molecular complexity index is 1240. The fourth-order valence-corrected chi connectivity index (χ4v) is 7.59. The molecule has 0 amide bonds. The zero-order chi connectivity index (χ0) is 21.1. The fraction of sp³-hybridized carbons (Fsp3) is 0.467. The highest BCUT2D eigenvalue weighted by atomic mass is 15.3. The molecule has 2 heteroatoms. The lowest BCUT2D eigenvalue weighted by Gasteiger charge is -2.49. The van der Waals surface area contributed by atoms with Gasteiger partial charge in [-0.3, -0.25) is 9.80 Å². The van der Waals surface area contributed by atoms with Crippen molar-refractivity contribution in [3.63, 3.8) is 0 Å². The number of hydrogen-bond donors (Lipinski definition) is 0. The van der Waals surface area contributed by atoms with E-state index in [4.69, 9.17) is 0 Å². The van der Waals surface area contributed by atoms with Crippen molar-refractivity contribution in [3.8, 4) is 0 Å². The van der Waals surface area contributed by atoms with E-state index in [2.05, 4.69) is 64.4 Å². The molecule has 2 aliphatic heterocycles. The molecule has 1 saturated carbocycles. The molecule has 2 heterocycles. The van der Waals surface area contributed by atoms with Gasteiger partial charge in [-0.05, 0) is 76.0 Å². The van der Waals surface area contributed by atoms with E-state index in [1.807, 2.05) is 0 Å². The molecule has 2 saturated heterocycles. The second kappa shape index (κ2) is 7.71. The minimum absolute atomic E-state index is 0.755. The van der Waals surface area contributed by atoms with Gasteiger partial charge in [-0.2, -0.15) is 0 Å². The van der Waals surface area contributed by atoms with Crippen molar-refractivity contribution < 1.29 is 0 Å². The largest absolute Gasteiger partial charge is 0.298 e. The number of benzene rings is 4. The first-order valence-corrected chi connectivity index (χ1v) is 13.0. The summed E-state index contributed by atoms with van der Waals surface area (Å²) in [5.74, 6) is 0.898. The molecule has 2 atom stereocenters. The summed E-state index contributed by atoms with van der Waals surface area (Å²) in [7, 11) is 0. The summed E-state index contributed by atoms with van der Waals surface area (Å²) < 4.78 is 0. The molecule has 32 heavy (non-hydrogen) atoms. The highest BCUT2D eigenvalue weighted by Gasteiger charge is 2.43. The summed E-state index contributed by atoms with van der Waals surface area (Å²) >= 11 is 0. The first-order valence-electron chi connectivity index (χ1n) is 13.0. The minimum Gasteiger partial charge on any atom is -0.298 e. The summed E-state index contributed by atoms with van der Waals surface area (Å²) in [5, 5.41) is 8.54. The van der Waals surface area contributed by atoms with E-state index >= 15 is 0 Å². The van der Waals surface area contributed by atoms with E-state index in [1.165, 1.54) is 102 Å². The standard InChI is InChI=1S/C30H34N2/c1-2-6-24(7-3-1)30-27-10-5-17-31(27)18-19-32(30)20-25-14-13-23-12-11-21-8-4-9-22-15-16-26(25)29(23)28(21)22/h4,8-9,11-16,24,27,30H,1-3,5-7,10,17-20H2/t27-,30+/m1/s1. The highest BCUT2D eigenvalue weighted by Crippen LogP contribution is 2.40. The first kappa shape index (κ1) is 19.3. The van der Waals surface area contributed by atoms with Crippen molar-refractivity contribution in [3.05, 3.63) is 60.2 Å². The molecule has 4 aromatic rings. The summed E-state index contributed by atoms with van der Waals surface area (Å²) in [6, 6.07) is 22.5. The molecular formula is C30H34N2. The number of rotatable bonds is 3. The van der Waals surface area contributed by atoms with Crippen LogP contribution in [0.25, 0.3) is 32.3 Å². The number of fused-ring (bicyclic) bond motifs is 1. The van der Waals surface area contributed by atoms with Crippen LogP contribution in [0.3, 0.4) is 0 Å². The van der Waals surface area contributed by atoms with E-state index in [9.17, 15) is 0 Å². The lowest BCUT2D eigenvalue weighted by molar-refractivity contribution is -0.00357. The Labute approximate surface area is 191 Å². The van der Waals surface area contributed by atoms with E-state index in [-0.39, 0.29) is 0 Å². The maximum atomic E-state index is 2.91. The van der Waals surface area contributed by atoms with Crippen LogP contribution in [-0.2, 0) is 6.54 Å². The third-order valence-corrected chi connectivity index (χ3v) is 9.03. The lowest BCUT2D eigenvalue weighted by atomic mass is 9.78. The van der Waals surface area contributed by atoms with Gasteiger partial charge < -0.3 is 0 Å². The minimum atomic E-state index is 0.755. The monoisotopic (exact) mass is 422 g/mol. The van der Waals surface area contributed by atoms with Crippen LogP contribution < -0.4 is 0 Å². The molecule has 3 aliphatic rings. The Balaban J connectivity index is 1.31. The average Bonchev–Trinajstić information content (AvgIpc) is 3.33. The molecule has 3 fully saturated rings. The van der Waals surface area contributed by atoms with Gasteiger partial charge >= 0.3 is 0 Å². The third-order valence-electron chi connectivity index (χ3n) is 9.03. The highest BCUT2D eigenvalue weighted by molar-refractivity contribution is 6.23. The summed E-state index contributed by atoms with van der Waals surface area (Å²) in [4.78, 5) is 5.74. The molecule has 4 aromatic carbocycles.